The molecule has 0 aromatic rings. The molecule has 0 unspecified atom stereocenters. The molecule has 5 atom stereocenters. The number of rotatable bonds is 10. The van der Waals surface area contributed by atoms with E-state index in [1.165, 1.54) is 19.3 Å². The fourth-order valence-electron chi connectivity index (χ4n) is 3.42. The molecule has 2 aliphatic rings. The first-order valence-electron chi connectivity index (χ1n) is 9.50. The molecule has 2 fully saturated rings. The number of aliphatic hydroxyl groups is 2. The first kappa shape index (κ1) is 19.2. The maximum Gasteiger partial charge on any atom is 0.306 e. The fourth-order valence-corrected chi connectivity index (χ4v) is 3.42. The maximum absolute atomic E-state index is 11.3. The highest BCUT2D eigenvalue weighted by Crippen LogP contribution is 2.47. The second kappa shape index (κ2) is 10.00. The van der Waals surface area contributed by atoms with Gasteiger partial charge in [-0.1, -0.05) is 44.1 Å². The molecule has 1 aliphatic carbocycles. The summed E-state index contributed by atoms with van der Waals surface area (Å²) >= 11 is 0. The van der Waals surface area contributed by atoms with Crippen LogP contribution in [0, 0.1) is 11.8 Å². The van der Waals surface area contributed by atoms with Crippen LogP contribution >= 0.6 is 0 Å². The lowest BCUT2D eigenvalue weighted by Crippen LogP contribution is -2.27. The van der Waals surface area contributed by atoms with Crippen LogP contribution in [0.2, 0.25) is 0 Å². The van der Waals surface area contributed by atoms with Crippen LogP contribution in [0.5, 0.6) is 0 Å². The van der Waals surface area contributed by atoms with Crippen molar-refractivity contribution in [2.24, 2.45) is 11.8 Å². The Balaban J connectivity index is 1.64. The molecule has 1 saturated carbocycles. The summed E-state index contributed by atoms with van der Waals surface area (Å²) in [4.78, 5) is 11.3. The van der Waals surface area contributed by atoms with Gasteiger partial charge in [0.15, 0.2) is 0 Å². The van der Waals surface area contributed by atoms with Crippen molar-refractivity contribution >= 4 is 5.97 Å². The zero-order valence-corrected chi connectivity index (χ0v) is 14.8. The largest absolute Gasteiger partial charge is 0.462 e. The second-order valence-electron chi connectivity index (χ2n) is 7.13. The summed E-state index contributed by atoms with van der Waals surface area (Å²) in [5, 5.41) is 20.2. The number of hydrogen-bond donors (Lipinski definition) is 2. The molecule has 4 nitrogen and oxygen atoms in total. The molecule has 1 saturated heterocycles. The molecule has 4 heteroatoms. The number of carbonyl (C=O) groups is 1. The molecule has 1 aliphatic heterocycles. The summed E-state index contributed by atoms with van der Waals surface area (Å²) in [5.74, 6) is 0.335. The molecular weight excluding hydrogens is 304 g/mol. The number of aliphatic hydroxyl groups excluding tert-OH is 2. The summed E-state index contributed by atoms with van der Waals surface area (Å²) in [6, 6.07) is 0. The quantitative estimate of drug-likeness (QED) is 0.364. The van der Waals surface area contributed by atoms with Crippen molar-refractivity contribution in [1.82, 2.24) is 0 Å². The van der Waals surface area contributed by atoms with E-state index >= 15 is 0 Å². The van der Waals surface area contributed by atoms with E-state index in [-0.39, 0.29) is 23.9 Å². The number of cyclic esters (lactones) is 1. The van der Waals surface area contributed by atoms with E-state index in [2.05, 4.69) is 13.0 Å². The van der Waals surface area contributed by atoms with E-state index in [0.717, 1.165) is 25.7 Å². The average molecular weight is 336 g/mol. The van der Waals surface area contributed by atoms with Crippen LogP contribution in [-0.2, 0) is 9.53 Å². The van der Waals surface area contributed by atoms with Crippen LogP contribution < -0.4 is 0 Å². The number of esters is 1. The predicted octanol–water partition coefficient (Wildman–Crippen LogP) is 3.52. The minimum Gasteiger partial charge on any atom is -0.462 e. The van der Waals surface area contributed by atoms with Gasteiger partial charge in [-0.05, 0) is 44.4 Å². The maximum atomic E-state index is 11.3. The van der Waals surface area contributed by atoms with Crippen LogP contribution in [-0.4, -0.2) is 34.5 Å². The van der Waals surface area contributed by atoms with Crippen molar-refractivity contribution in [2.75, 3.05) is 0 Å². The molecule has 0 aromatic carbocycles. The van der Waals surface area contributed by atoms with Crippen LogP contribution in [0.4, 0.5) is 0 Å². The smallest absolute Gasteiger partial charge is 0.306 e. The van der Waals surface area contributed by atoms with Gasteiger partial charge in [-0.3, -0.25) is 4.79 Å². The minimum atomic E-state index is -0.557. The van der Waals surface area contributed by atoms with Gasteiger partial charge < -0.3 is 14.9 Å². The highest BCUT2D eigenvalue weighted by atomic mass is 16.5. The van der Waals surface area contributed by atoms with Crippen molar-refractivity contribution in [1.29, 1.82) is 0 Å². The van der Waals surface area contributed by atoms with E-state index in [1.54, 1.807) is 12.2 Å². The normalized spacial score (nSPS) is 29.8. The van der Waals surface area contributed by atoms with Gasteiger partial charge in [0.05, 0.1) is 12.2 Å². The molecule has 2 rings (SSSR count). The van der Waals surface area contributed by atoms with Crippen LogP contribution in [0.3, 0.4) is 0 Å². The monoisotopic (exact) mass is 336 g/mol. The van der Waals surface area contributed by atoms with Gasteiger partial charge in [0.1, 0.15) is 6.10 Å². The summed E-state index contributed by atoms with van der Waals surface area (Å²) < 4.78 is 5.38. The molecular formula is C20H32O4. The van der Waals surface area contributed by atoms with E-state index in [4.69, 9.17) is 4.74 Å². The zero-order chi connectivity index (χ0) is 17.4. The Morgan fingerprint density at radius 2 is 2.08 bits per heavy atom. The standard InChI is InChI=1S/C20H32O4/c1-2-3-4-5-6-7-9-15(21)12-13-18(22)16-14-17(16)19-10-8-11-20(23)24-19/h6-7,12-13,15-19,21-22H,2-5,8-11,14H2,1H3/b7-6+,13-12+/t15-,16-,17-,18+,19+/m0/s1. The molecule has 24 heavy (non-hydrogen) atoms. The molecule has 0 aromatic heterocycles. The van der Waals surface area contributed by atoms with E-state index in [9.17, 15) is 15.0 Å². The van der Waals surface area contributed by atoms with Gasteiger partial charge in [-0.2, -0.15) is 0 Å². The Bertz CT molecular complexity index is 443. The molecule has 0 bridgehead atoms. The van der Waals surface area contributed by atoms with Crippen LogP contribution in [0.15, 0.2) is 24.3 Å². The average Bonchev–Trinajstić information content (AvgIpc) is 3.36. The third-order valence-corrected chi connectivity index (χ3v) is 5.01. The van der Waals surface area contributed by atoms with E-state index in [0.29, 0.717) is 12.8 Å². The number of hydrogen-bond acceptors (Lipinski definition) is 4. The van der Waals surface area contributed by atoms with Gasteiger partial charge in [-0.15, -0.1) is 0 Å². The highest BCUT2D eigenvalue weighted by molar-refractivity contribution is 5.70. The van der Waals surface area contributed by atoms with Gasteiger partial charge in [-0.25, -0.2) is 0 Å². The summed E-state index contributed by atoms with van der Waals surface area (Å²) in [6.07, 6.45) is 14.9. The number of unbranched alkanes of at least 4 members (excludes halogenated alkanes) is 3. The highest BCUT2D eigenvalue weighted by Gasteiger charge is 2.48. The van der Waals surface area contributed by atoms with Crippen LogP contribution in [0.1, 0.15) is 64.7 Å². The minimum absolute atomic E-state index is 0.0183. The van der Waals surface area contributed by atoms with Crippen molar-refractivity contribution in [3.63, 3.8) is 0 Å². The lowest BCUT2D eigenvalue weighted by Gasteiger charge is -2.22. The van der Waals surface area contributed by atoms with Gasteiger partial charge >= 0.3 is 5.97 Å². The molecule has 2 N–H and O–H groups in total. The predicted molar refractivity (Wildman–Crippen MR) is 94.4 cm³/mol. The summed E-state index contributed by atoms with van der Waals surface area (Å²) in [7, 11) is 0. The number of allylic oxidation sites excluding steroid dienone is 1. The van der Waals surface area contributed by atoms with Crippen molar-refractivity contribution in [3.05, 3.63) is 24.3 Å². The van der Waals surface area contributed by atoms with Gasteiger partial charge in [0.25, 0.3) is 0 Å². The number of ether oxygens (including phenoxy) is 1. The summed E-state index contributed by atoms with van der Waals surface area (Å²) in [6.45, 7) is 2.19. The van der Waals surface area contributed by atoms with Crippen molar-refractivity contribution in [3.8, 4) is 0 Å². The Morgan fingerprint density at radius 3 is 2.83 bits per heavy atom. The summed E-state index contributed by atoms with van der Waals surface area (Å²) in [5.41, 5.74) is 0. The van der Waals surface area contributed by atoms with E-state index < -0.39 is 12.2 Å². The lowest BCUT2D eigenvalue weighted by molar-refractivity contribution is -0.155. The van der Waals surface area contributed by atoms with Crippen molar-refractivity contribution in [2.45, 2.75) is 83.0 Å². The first-order valence-corrected chi connectivity index (χ1v) is 9.50. The Labute approximate surface area is 145 Å². The van der Waals surface area contributed by atoms with Gasteiger partial charge in [0.2, 0.25) is 0 Å². The fraction of sp³-hybridized carbons (Fsp3) is 0.750. The molecule has 0 amide bonds. The number of carbonyl (C=O) groups excluding carboxylic acids is 1. The van der Waals surface area contributed by atoms with Crippen molar-refractivity contribution < 1.29 is 19.7 Å². The lowest BCUT2D eigenvalue weighted by atomic mass is 10.0. The van der Waals surface area contributed by atoms with Crippen LogP contribution in [0.25, 0.3) is 0 Å². The second-order valence-corrected chi connectivity index (χ2v) is 7.13. The molecule has 136 valence electrons. The Hall–Kier alpha value is -1.13. The SMILES string of the molecule is CCCCC/C=C/C[C@H](O)/C=C/[C@@H](O)[C@H]1C[C@@H]1[C@H]1CCCC(=O)O1. The zero-order valence-electron chi connectivity index (χ0n) is 14.8. The van der Waals surface area contributed by atoms with E-state index in [1.807, 2.05) is 6.08 Å². The first-order chi connectivity index (χ1) is 11.6. The third kappa shape index (κ3) is 6.40. The Morgan fingerprint density at radius 1 is 1.25 bits per heavy atom. The Kier molecular flexibility index (Phi) is 8.00. The third-order valence-electron chi connectivity index (χ3n) is 5.01. The molecule has 0 radical (unpaired) electrons. The topological polar surface area (TPSA) is 66.8 Å². The van der Waals surface area contributed by atoms with Gasteiger partial charge in [0, 0.05) is 12.3 Å². The molecule has 1 heterocycles. The molecule has 0 spiro atoms.